The highest BCUT2D eigenvalue weighted by atomic mass is 16.5. The zero-order valence-electron chi connectivity index (χ0n) is 34.2. The van der Waals surface area contributed by atoms with Crippen molar-refractivity contribution in [3.63, 3.8) is 0 Å². The molecule has 2 aliphatic heterocycles. The lowest BCUT2D eigenvalue weighted by atomic mass is 10.0. The highest BCUT2D eigenvalue weighted by molar-refractivity contribution is 5.87. The van der Waals surface area contributed by atoms with Gasteiger partial charge >= 0.3 is 12.2 Å². The fraction of sp³-hybridized carbons (Fsp3) is 0.465. The molecule has 15 nitrogen and oxygen atoms in total. The van der Waals surface area contributed by atoms with Crippen LogP contribution in [-0.4, -0.2) is 98.1 Å². The smallest absolute Gasteiger partial charge is 0.407 e. The van der Waals surface area contributed by atoms with Gasteiger partial charge in [0.1, 0.15) is 40.8 Å². The van der Waals surface area contributed by atoms with Crippen molar-refractivity contribution in [2.24, 2.45) is 23.7 Å². The standard InChI is InChI=1S/C43H51N9O6/c1-24(2)36(49-42(55)57-7)40(53)51-22-26(5)17-34(51)38-44-20-31(47-38)12-9-28-10-16-33-29(19-28)11-13-30(46-33)14-15-32-21-45-39(48-32)35-18-27(6)23-52(35)41(54)37(25(3)4)50-43(56)58-8/h10-11,13,16,19-21,24-27,34-37H,17-18,22-23H2,1-8H3,(H,44,47)(H,45,48)(H,49,55)(H,50,56). The number of carbonyl (C=O) groups excluding carboxylic acids is 4. The van der Waals surface area contributed by atoms with Crippen LogP contribution in [0.25, 0.3) is 10.9 Å². The zero-order valence-corrected chi connectivity index (χ0v) is 34.2. The number of alkyl carbamates (subject to hydrolysis) is 2. The number of likely N-dealkylation sites (tertiary alicyclic amines) is 2. The second-order valence-corrected chi connectivity index (χ2v) is 15.9. The van der Waals surface area contributed by atoms with E-state index >= 15 is 0 Å². The summed E-state index contributed by atoms with van der Waals surface area (Å²) in [5, 5.41) is 6.27. The fourth-order valence-corrected chi connectivity index (χ4v) is 7.54. The van der Waals surface area contributed by atoms with Crippen LogP contribution < -0.4 is 10.6 Å². The topological polar surface area (TPSA) is 188 Å². The van der Waals surface area contributed by atoms with E-state index in [9.17, 15) is 19.2 Å². The predicted octanol–water partition coefficient (Wildman–Crippen LogP) is 5.06. The number of hydrogen-bond donors (Lipinski definition) is 4. The van der Waals surface area contributed by atoms with Crippen molar-refractivity contribution < 1.29 is 28.7 Å². The molecule has 2 fully saturated rings. The Hall–Kier alpha value is -6.35. The Balaban J connectivity index is 1.12. The first kappa shape index (κ1) is 41.3. The number of fused-ring (bicyclic) bond motifs is 1. The molecule has 3 aromatic heterocycles. The van der Waals surface area contributed by atoms with Crippen molar-refractivity contribution in [3.05, 3.63) is 77.0 Å². The molecule has 0 spiro atoms. The van der Waals surface area contributed by atoms with E-state index in [-0.39, 0.29) is 47.6 Å². The molecule has 304 valence electrons. The third kappa shape index (κ3) is 9.43. The normalized spacial score (nSPS) is 19.9. The minimum Gasteiger partial charge on any atom is -0.453 e. The third-order valence-corrected chi connectivity index (χ3v) is 10.5. The van der Waals surface area contributed by atoms with E-state index in [0.29, 0.717) is 41.8 Å². The molecule has 0 saturated carbocycles. The minimum absolute atomic E-state index is 0.129. The van der Waals surface area contributed by atoms with Gasteiger partial charge in [-0.3, -0.25) is 9.59 Å². The third-order valence-electron chi connectivity index (χ3n) is 10.5. The van der Waals surface area contributed by atoms with Gasteiger partial charge in [-0.25, -0.2) is 24.5 Å². The molecule has 4 N–H and O–H groups in total. The summed E-state index contributed by atoms with van der Waals surface area (Å²) in [6.07, 6.45) is 3.52. The van der Waals surface area contributed by atoms with Gasteiger partial charge in [0.2, 0.25) is 11.8 Å². The van der Waals surface area contributed by atoms with Gasteiger partial charge in [-0.1, -0.05) is 47.5 Å². The molecule has 2 saturated heterocycles. The van der Waals surface area contributed by atoms with Crippen molar-refractivity contribution in [1.82, 2.24) is 45.4 Å². The number of amides is 4. The van der Waals surface area contributed by atoms with Crippen LogP contribution in [0.2, 0.25) is 0 Å². The summed E-state index contributed by atoms with van der Waals surface area (Å²) in [5.41, 5.74) is 3.37. The molecule has 6 atom stereocenters. The van der Waals surface area contributed by atoms with Crippen molar-refractivity contribution in [2.75, 3.05) is 27.3 Å². The monoisotopic (exact) mass is 789 g/mol. The minimum atomic E-state index is -0.721. The molecule has 1 aromatic carbocycles. The summed E-state index contributed by atoms with van der Waals surface area (Å²) in [6, 6.07) is 7.59. The van der Waals surface area contributed by atoms with Crippen LogP contribution in [0.4, 0.5) is 9.59 Å². The maximum Gasteiger partial charge on any atom is 0.407 e. The van der Waals surface area contributed by atoms with Gasteiger partial charge in [-0.2, -0.15) is 0 Å². The lowest BCUT2D eigenvalue weighted by Crippen LogP contribution is -2.51. The Bertz CT molecular complexity index is 2130. The van der Waals surface area contributed by atoms with Gasteiger partial charge in [0.05, 0.1) is 44.2 Å². The van der Waals surface area contributed by atoms with Crippen LogP contribution in [0.5, 0.6) is 0 Å². The van der Waals surface area contributed by atoms with Gasteiger partial charge in [-0.15, -0.1) is 0 Å². The van der Waals surface area contributed by atoms with Gasteiger partial charge in [-0.05, 0) is 84.6 Å². The second kappa shape index (κ2) is 17.8. The average Bonchev–Trinajstić information content (AvgIpc) is 4.03. The SMILES string of the molecule is COC(=O)NC(C(=O)N1CC(C)CC1c1ncc(C#Cc2ccc3nc(C#Cc4cnc(C5CC(C)CN5C(=O)C(NC(=O)OC)C(C)C)[nH]4)ccc3c2)[nH]1)C(C)C. The van der Waals surface area contributed by atoms with Crippen LogP contribution in [0.1, 0.15) is 101 Å². The van der Waals surface area contributed by atoms with Crippen molar-refractivity contribution in [1.29, 1.82) is 0 Å². The second-order valence-electron chi connectivity index (χ2n) is 15.9. The Kier molecular flexibility index (Phi) is 12.7. The molecule has 6 unspecified atom stereocenters. The molecule has 0 radical (unpaired) electrons. The van der Waals surface area contributed by atoms with E-state index in [2.05, 4.69) is 68.1 Å². The first-order valence-electron chi connectivity index (χ1n) is 19.6. The lowest BCUT2D eigenvalue weighted by Gasteiger charge is -2.30. The van der Waals surface area contributed by atoms with E-state index in [0.717, 1.165) is 29.3 Å². The molecule has 15 heteroatoms. The number of nitrogens with zero attached hydrogens (tertiary/aromatic N) is 5. The summed E-state index contributed by atoms with van der Waals surface area (Å²) in [5.74, 6) is 13.8. The van der Waals surface area contributed by atoms with E-state index in [1.807, 2.05) is 58.0 Å². The molecule has 5 heterocycles. The average molecular weight is 790 g/mol. The number of imidazole rings is 2. The Morgan fingerprint density at radius 2 is 1.22 bits per heavy atom. The molecule has 0 aliphatic carbocycles. The number of methoxy groups -OCH3 is 2. The summed E-state index contributed by atoms with van der Waals surface area (Å²) in [4.78, 5) is 75.2. The predicted molar refractivity (Wildman–Crippen MR) is 216 cm³/mol. The summed E-state index contributed by atoms with van der Waals surface area (Å²) in [6.45, 7) is 12.8. The van der Waals surface area contributed by atoms with E-state index in [4.69, 9.17) is 14.5 Å². The Labute approximate surface area is 338 Å². The lowest BCUT2D eigenvalue weighted by molar-refractivity contribution is -0.136. The van der Waals surface area contributed by atoms with Gasteiger partial charge < -0.3 is 39.9 Å². The van der Waals surface area contributed by atoms with E-state index < -0.39 is 24.3 Å². The molecule has 2 aliphatic rings. The van der Waals surface area contributed by atoms with Crippen LogP contribution in [0.3, 0.4) is 0 Å². The van der Waals surface area contributed by atoms with Crippen molar-refractivity contribution >= 4 is 34.9 Å². The van der Waals surface area contributed by atoms with Crippen LogP contribution in [0.15, 0.2) is 42.7 Å². The molecule has 0 bridgehead atoms. The molecule has 58 heavy (non-hydrogen) atoms. The maximum absolute atomic E-state index is 13.6. The molecular weight excluding hydrogens is 739 g/mol. The molecule has 4 amide bonds. The Morgan fingerprint density at radius 3 is 1.71 bits per heavy atom. The maximum atomic E-state index is 13.6. The number of aromatic amines is 2. The van der Waals surface area contributed by atoms with Crippen molar-refractivity contribution in [2.45, 2.75) is 78.6 Å². The zero-order chi connectivity index (χ0) is 41.7. The highest BCUT2D eigenvalue weighted by Crippen LogP contribution is 2.36. The summed E-state index contributed by atoms with van der Waals surface area (Å²) < 4.78 is 9.51. The first-order chi connectivity index (χ1) is 27.7. The number of rotatable bonds is 8. The highest BCUT2D eigenvalue weighted by Gasteiger charge is 2.41. The van der Waals surface area contributed by atoms with Gasteiger partial charge in [0, 0.05) is 24.0 Å². The summed E-state index contributed by atoms with van der Waals surface area (Å²) >= 11 is 0. The number of benzene rings is 1. The van der Waals surface area contributed by atoms with Gasteiger partial charge in [0.25, 0.3) is 0 Å². The number of aromatic nitrogens is 5. The summed E-state index contributed by atoms with van der Waals surface area (Å²) in [7, 11) is 2.56. The van der Waals surface area contributed by atoms with E-state index in [1.165, 1.54) is 14.2 Å². The van der Waals surface area contributed by atoms with Crippen LogP contribution in [-0.2, 0) is 19.1 Å². The number of carbonyl (C=O) groups is 4. The molecule has 4 aromatic rings. The quantitative estimate of drug-likeness (QED) is 0.177. The Morgan fingerprint density at radius 1 is 0.724 bits per heavy atom. The fourth-order valence-electron chi connectivity index (χ4n) is 7.54. The largest absolute Gasteiger partial charge is 0.453 e. The molecule has 6 rings (SSSR count). The van der Waals surface area contributed by atoms with Crippen molar-refractivity contribution in [3.8, 4) is 23.7 Å². The number of H-pyrrole nitrogens is 2. The van der Waals surface area contributed by atoms with Gasteiger partial charge in [0.15, 0.2) is 0 Å². The first-order valence-corrected chi connectivity index (χ1v) is 19.6. The number of ether oxygens (including phenoxy) is 2. The number of pyridine rings is 1. The van der Waals surface area contributed by atoms with E-state index in [1.54, 1.807) is 22.2 Å². The molecular formula is C43H51N9O6. The number of hydrogen-bond acceptors (Lipinski definition) is 9. The van der Waals surface area contributed by atoms with Crippen LogP contribution in [0, 0.1) is 47.4 Å². The number of nitrogens with one attached hydrogen (secondary N) is 4. The van der Waals surface area contributed by atoms with Crippen LogP contribution >= 0.6 is 0 Å².